The minimum atomic E-state index is 0.336. The normalized spacial score (nSPS) is 33.1. The Morgan fingerprint density at radius 3 is 2.67 bits per heavy atom. The van der Waals surface area contributed by atoms with Crippen molar-refractivity contribution in [2.24, 2.45) is 0 Å². The predicted molar refractivity (Wildman–Crippen MR) is 72.5 cm³/mol. The van der Waals surface area contributed by atoms with Gasteiger partial charge in [0.2, 0.25) is 0 Å². The number of benzene rings is 1. The largest absolute Gasteiger partial charge is 0.373 e. The molecule has 0 spiro atoms. The molecule has 3 rings (SSSR count). The van der Waals surface area contributed by atoms with Gasteiger partial charge in [0, 0.05) is 32.2 Å². The van der Waals surface area contributed by atoms with Crippen LogP contribution >= 0.6 is 0 Å². The highest BCUT2D eigenvalue weighted by atomic mass is 16.5. The Balaban J connectivity index is 1.85. The van der Waals surface area contributed by atoms with Crippen LogP contribution in [0.1, 0.15) is 31.0 Å². The summed E-state index contributed by atoms with van der Waals surface area (Å²) >= 11 is 0. The molecule has 18 heavy (non-hydrogen) atoms. The van der Waals surface area contributed by atoms with Crippen LogP contribution < -0.4 is 5.32 Å². The van der Waals surface area contributed by atoms with Crippen molar-refractivity contribution in [2.45, 2.75) is 38.6 Å². The number of nitrogens with one attached hydrogen (secondary N) is 1. The Labute approximate surface area is 109 Å². The van der Waals surface area contributed by atoms with Gasteiger partial charge in [0.1, 0.15) is 0 Å². The van der Waals surface area contributed by atoms with Crippen LogP contribution in [0.15, 0.2) is 24.3 Å². The molecule has 1 fully saturated rings. The number of rotatable bonds is 1. The van der Waals surface area contributed by atoms with Gasteiger partial charge in [-0.3, -0.25) is 4.90 Å². The van der Waals surface area contributed by atoms with Crippen molar-refractivity contribution in [1.29, 1.82) is 0 Å². The monoisotopic (exact) mass is 246 g/mol. The van der Waals surface area contributed by atoms with Crippen LogP contribution in [-0.4, -0.2) is 36.7 Å². The first-order chi connectivity index (χ1) is 8.74. The zero-order valence-electron chi connectivity index (χ0n) is 11.2. The quantitative estimate of drug-likeness (QED) is 0.819. The Hall–Kier alpha value is -0.900. The van der Waals surface area contributed by atoms with Crippen LogP contribution in [0.5, 0.6) is 0 Å². The summed E-state index contributed by atoms with van der Waals surface area (Å²) in [4.78, 5) is 2.57. The first-order valence-corrected chi connectivity index (χ1v) is 6.92. The molecule has 98 valence electrons. The Morgan fingerprint density at radius 2 is 1.89 bits per heavy atom. The standard InChI is InChI=1S/C15H22N2O/c1-11-9-17(10-12(2)18-11)15-8-16-7-13-5-3-4-6-14(13)15/h3-6,11-12,15-16H,7-10H2,1-2H3/t11-,12+,15?. The molecule has 3 nitrogen and oxygen atoms in total. The second kappa shape index (κ2) is 5.00. The first-order valence-electron chi connectivity index (χ1n) is 6.92. The topological polar surface area (TPSA) is 24.5 Å². The SMILES string of the molecule is C[C@@H]1CN(C2CNCc3ccccc32)C[C@H](C)O1. The van der Waals surface area contributed by atoms with E-state index in [4.69, 9.17) is 4.74 Å². The van der Waals surface area contributed by atoms with Crippen molar-refractivity contribution in [1.82, 2.24) is 10.2 Å². The lowest BCUT2D eigenvalue weighted by atomic mass is 9.94. The summed E-state index contributed by atoms with van der Waals surface area (Å²) in [5.41, 5.74) is 2.94. The third-order valence-electron chi connectivity index (χ3n) is 3.96. The minimum absolute atomic E-state index is 0.336. The smallest absolute Gasteiger partial charge is 0.0678 e. The lowest BCUT2D eigenvalue weighted by molar-refractivity contribution is -0.0814. The maximum atomic E-state index is 5.83. The molecule has 2 aliphatic heterocycles. The molecule has 0 saturated carbocycles. The van der Waals surface area contributed by atoms with Crippen LogP contribution in [0.25, 0.3) is 0 Å². The first kappa shape index (κ1) is 12.2. The summed E-state index contributed by atoms with van der Waals surface area (Å²) in [6.45, 7) is 8.46. The van der Waals surface area contributed by atoms with E-state index in [1.54, 1.807) is 0 Å². The molecule has 0 bridgehead atoms. The highest BCUT2D eigenvalue weighted by molar-refractivity contribution is 5.32. The molecule has 1 aromatic carbocycles. The fourth-order valence-electron chi connectivity index (χ4n) is 3.27. The van der Waals surface area contributed by atoms with Crippen LogP contribution in [0.3, 0.4) is 0 Å². The fourth-order valence-corrected chi connectivity index (χ4v) is 3.27. The molecule has 3 atom stereocenters. The van der Waals surface area contributed by atoms with Crippen molar-refractivity contribution in [3.63, 3.8) is 0 Å². The van der Waals surface area contributed by atoms with E-state index in [-0.39, 0.29) is 0 Å². The predicted octanol–water partition coefficient (Wildman–Crippen LogP) is 1.94. The lowest BCUT2D eigenvalue weighted by Gasteiger charge is -2.42. The molecule has 0 aliphatic carbocycles. The molecule has 0 amide bonds. The van der Waals surface area contributed by atoms with Crippen molar-refractivity contribution in [3.8, 4) is 0 Å². The van der Waals surface area contributed by atoms with Crippen molar-refractivity contribution < 1.29 is 4.74 Å². The van der Waals surface area contributed by atoms with Crippen LogP contribution in [0.2, 0.25) is 0 Å². The van der Waals surface area contributed by atoms with Gasteiger partial charge in [0.15, 0.2) is 0 Å². The molecule has 1 N–H and O–H groups in total. The minimum Gasteiger partial charge on any atom is -0.373 e. The van der Waals surface area contributed by atoms with Gasteiger partial charge in [-0.15, -0.1) is 0 Å². The molecule has 0 radical (unpaired) electrons. The fraction of sp³-hybridized carbons (Fsp3) is 0.600. The van der Waals surface area contributed by atoms with Gasteiger partial charge < -0.3 is 10.1 Å². The summed E-state index contributed by atoms with van der Waals surface area (Å²) in [5, 5.41) is 3.54. The second-order valence-electron chi connectivity index (χ2n) is 5.56. The van der Waals surface area contributed by atoms with E-state index in [9.17, 15) is 0 Å². The van der Waals surface area contributed by atoms with Gasteiger partial charge in [0.05, 0.1) is 12.2 Å². The highest BCUT2D eigenvalue weighted by Crippen LogP contribution is 2.29. The van der Waals surface area contributed by atoms with Gasteiger partial charge in [-0.2, -0.15) is 0 Å². The number of fused-ring (bicyclic) bond motifs is 1. The van der Waals surface area contributed by atoms with E-state index >= 15 is 0 Å². The average molecular weight is 246 g/mol. The molecule has 3 heteroatoms. The van der Waals surface area contributed by atoms with E-state index in [0.717, 1.165) is 26.2 Å². The molecule has 2 heterocycles. The lowest BCUT2D eigenvalue weighted by Crippen LogP contribution is -2.50. The van der Waals surface area contributed by atoms with E-state index in [1.807, 2.05) is 0 Å². The molecule has 0 aromatic heterocycles. The highest BCUT2D eigenvalue weighted by Gasteiger charge is 2.31. The van der Waals surface area contributed by atoms with Crippen LogP contribution in [-0.2, 0) is 11.3 Å². The summed E-state index contributed by atoms with van der Waals surface area (Å²) in [6, 6.07) is 9.31. The van der Waals surface area contributed by atoms with Crippen molar-refractivity contribution in [3.05, 3.63) is 35.4 Å². The van der Waals surface area contributed by atoms with Crippen LogP contribution in [0.4, 0.5) is 0 Å². The van der Waals surface area contributed by atoms with E-state index in [0.29, 0.717) is 18.2 Å². The summed E-state index contributed by atoms with van der Waals surface area (Å²) in [7, 11) is 0. The summed E-state index contributed by atoms with van der Waals surface area (Å²) in [5.74, 6) is 0. The molecular weight excluding hydrogens is 224 g/mol. The van der Waals surface area contributed by atoms with Gasteiger partial charge >= 0.3 is 0 Å². The van der Waals surface area contributed by atoms with Crippen molar-refractivity contribution in [2.75, 3.05) is 19.6 Å². The van der Waals surface area contributed by atoms with Crippen LogP contribution in [0, 0.1) is 0 Å². The third-order valence-corrected chi connectivity index (χ3v) is 3.96. The van der Waals surface area contributed by atoms with Gasteiger partial charge in [-0.05, 0) is 25.0 Å². The van der Waals surface area contributed by atoms with Gasteiger partial charge in [-0.25, -0.2) is 0 Å². The molecule has 1 saturated heterocycles. The van der Waals surface area contributed by atoms with Gasteiger partial charge in [0.25, 0.3) is 0 Å². The maximum Gasteiger partial charge on any atom is 0.0678 e. The summed E-state index contributed by atoms with van der Waals surface area (Å²) in [6.07, 6.45) is 0.672. The number of hydrogen-bond acceptors (Lipinski definition) is 3. The molecular formula is C15H22N2O. The third kappa shape index (κ3) is 2.30. The zero-order chi connectivity index (χ0) is 12.5. The Morgan fingerprint density at radius 1 is 1.17 bits per heavy atom. The number of hydrogen-bond donors (Lipinski definition) is 1. The average Bonchev–Trinajstić information content (AvgIpc) is 2.37. The second-order valence-corrected chi connectivity index (χ2v) is 5.56. The van der Waals surface area contributed by atoms with Gasteiger partial charge in [-0.1, -0.05) is 24.3 Å². The number of ether oxygens (including phenoxy) is 1. The number of morpholine rings is 1. The number of nitrogens with zero attached hydrogens (tertiary/aromatic N) is 1. The molecule has 1 unspecified atom stereocenters. The Kier molecular flexibility index (Phi) is 3.37. The van der Waals surface area contributed by atoms with E-state index in [2.05, 4.69) is 48.3 Å². The maximum absolute atomic E-state index is 5.83. The molecule has 2 aliphatic rings. The summed E-state index contributed by atoms with van der Waals surface area (Å²) < 4.78 is 5.83. The molecule has 1 aromatic rings. The van der Waals surface area contributed by atoms with E-state index < -0.39 is 0 Å². The van der Waals surface area contributed by atoms with E-state index in [1.165, 1.54) is 11.1 Å². The zero-order valence-corrected chi connectivity index (χ0v) is 11.2. The Bertz CT molecular complexity index is 411. The van der Waals surface area contributed by atoms with Crippen molar-refractivity contribution >= 4 is 0 Å².